The lowest BCUT2D eigenvalue weighted by molar-refractivity contribution is -0.141. The van der Waals surface area contributed by atoms with Crippen molar-refractivity contribution in [2.24, 2.45) is 4.99 Å². The predicted octanol–water partition coefficient (Wildman–Crippen LogP) is 2.98. The fourth-order valence-corrected chi connectivity index (χ4v) is 4.82. The summed E-state index contributed by atoms with van der Waals surface area (Å²) in [4.78, 5) is 32.6. The fraction of sp³-hybridized carbons (Fsp3) is 0.471. The highest BCUT2D eigenvalue weighted by Crippen LogP contribution is 2.44. The van der Waals surface area contributed by atoms with E-state index in [1.54, 1.807) is 18.9 Å². The third-order valence-corrected chi connectivity index (χ3v) is 6.32. The number of methoxy groups -OCH3 is 1. The van der Waals surface area contributed by atoms with E-state index in [9.17, 15) is 9.59 Å². The summed E-state index contributed by atoms with van der Waals surface area (Å²) in [7, 11) is 1.55. The second-order valence-electron chi connectivity index (χ2n) is 5.66. The molecule has 3 rings (SSSR count). The zero-order valence-electron chi connectivity index (χ0n) is 14.4. The summed E-state index contributed by atoms with van der Waals surface area (Å²) < 4.78 is 10.3. The summed E-state index contributed by atoms with van der Waals surface area (Å²) in [6.45, 7) is 4.27. The largest absolute Gasteiger partial charge is 0.460 e. The number of allylic oxidation sites excluding steroid dienone is 1. The Morgan fingerprint density at radius 1 is 1.40 bits per heavy atom. The molecular weight excluding hydrogens is 360 g/mol. The zero-order chi connectivity index (χ0) is 18.0. The van der Waals surface area contributed by atoms with E-state index >= 15 is 0 Å². The Kier molecular flexibility index (Phi) is 5.61. The second-order valence-corrected chi connectivity index (χ2v) is 7.81. The van der Waals surface area contributed by atoms with E-state index in [1.807, 2.05) is 24.4 Å². The van der Waals surface area contributed by atoms with Gasteiger partial charge >= 0.3 is 5.97 Å². The Morgan fingerprint density at radius 3 is 2.84 bits per heavy atom. The second kappa shape index (κ2) is 7.72. The summed E-state index contributed by atoms with van der Waals surface area (Å²) in [6.07, 6.45) is 0.725. The van der Waals surface area contributed by atoms with E-state index in [4.69, 9.17) is 9.47 Å². The van der Waals surface area contributed by atoms with Crippen LogP contribution >= 0.6 is 23.1 Å². The van der Waals surface area contributed by atoms with Gasteiger partial charge in [0.15, 0.2) is 5.17 Å². The highest BCUT2D eigenvalue weighted by atomic mass is 32.2. The minimum absolute atomic E-state index is 0.000610. The van der Waals surface area contributed by atoms with Crippen molar-refractivity contribution >= 4 is 40.1 Å². The number of amidine groups is 1. The summed E-state index contributed by atoms with van der Waals surface area (Å²) in [5.41, 5.74) is 1.03. The average Bonchev–Trinajstić information content (AvgIpc) is 3.22. The topological polar surface area (TPSA) is 68.2 Å². The maximum Gasteiger partial charge on any atom is 0.338 e. The van der Waals surface area contributed by atoms with Crippen LogP contribution in [0, 0.1) is 0 Å². The Hall–Kier alpha value is -1.64. The van der Waals surface area contributed by atoms with Crippen molar-refractivity contribution in [3.63, 3.8) is 0 Å². The minimum Gasteiger partial charge on any atom is -0.460 e. The Bertz CT molecular complexity index is 727. The van der Waals surface area contributed by atoms with Crippen LogP contribution in [0.15, 0.2) is 33.8 Å². The van der Waals surface area contributed by atoms with E-state index in [0.29, 0.717) is 23.0 Å². The van der Waals surface area contributed by atoms with Gasteiger partial charge in [-0.25, -0.2) is 9.79 Å². The lowest BCUT2D eigenvalue weighted by atomic mass is 10.00. The van der Waals surface area contributed by atoms with Crippen molar-refractivity contribution in [2.75, 3.05) is 20.3 Å². The molecule has 8 heteroatoms. The van der Waals surface area contributed by atoms with E-state index in [1.165, 1.54) is 23.1 Å². The summed E-state index contributed by atoms with van der Waals surface area (Å²) in [5, 5.41) is 2.45. The molecule has 1 fully saturated rings. The van der Waals surface area contributed by atoms with Gasteiger partial charge in [-0.2, -0.15) is 0 Å². The van der Waals surface area contributed by atoms with Gasteiger partial charge < -0.3 is 9.47 Å². The Morgan fingerprint density at radius 2 is 2.20 bits per heavy atom. The zero-order valence-corrected chi connectivity index (χ0v) is 16.0. The summed E-state index contributed by atoms with van der Waals surface area (Å²) in [6, 6.07) is 3.38. The number of thiophene rings is 1. The van der Waals surface area contributed by atoms with Crippen LogP contribution in [0.4, 0.5) is 0 Å². The average molecular weight is 380 g/mol. The van der Waals surface area contributed by atoms with Crippen molar-refractivity contribution in [3.05, 3.63) is 33.7 Å². The van der Waals surface area contributed by atoms with Crippen LogP contribution in [-0.4, -0.2) is 47.5 Å². The third kappa shape index (κ3) is 3.38. The van der Waals surface area contributed by atoms with Crippen LogP contribution in [-0.2, 0) is 19.1 Å². The molecule has 25 heavy (non-hydrogen) atoms. The molecular formula is C17H20N2O4S2. The number of carbonyl (C=O) groups excluding carboxylic acids is 2. The molecule has 2 aliphatic rings. The first-order valence-electron chi connectivity index (χ1n) is 8.07. The van der Waals surface area contributed by atoms with Crippen molar-refractivity contribution in [2.45, 2.75) is 31.6 Å². The highest BCUT2D eigenvalue weighted by molar-refractivity contribution is 8.15. The van der Waals surface area contributed by atoms with Crippen molar-refractivity contribution in [1.82, 2.24) is 4.90 Å². The highest BCUT2D eigenvalue weighted by Gasteiger charge is 2.47. The number of esters is 1. The van der Waals surface area contributed by atoms with Crippen LogP contribution < -0.4 is 0 Å². The predicted molar refractivity (Wildman–Crippen MR) is 98.5 cm³/mol. The lowest BCUT2D eigenvalue weighted by Gasteiger charge is -2.32. The van der Waals surface area contributed by atoms with Gasteiger partial charge in [0.2, 0.25) is 5.91 Å². The van der Waals surface area contributed by atoms with Crippen LogP contribution in [0.1, 0.15) is 31.2 Å². The number of carbonyl (C=O) groups is 2. The third-order valence-electron chi connectivity index (χ3n) is 4.08. The maximum absolute atomic E-state index is 12.8. The number of ether oxygens (including phenoxy) is 2. The van der Waals surface area contributed by atoms with Gasteiger partial charge in [0, 0.05) is 12.0 Å². The van der Waals surface area contributed by atoms with Crippen molar-refractivity contribution < 1.29 is 19.1 Å². The number of hydrogen-bond acceptors (Lipinski definition) is 7. The molecule has 1 amide bonds. The van der Waals surface area contributed by atoms with Gasteiger partial charge in [0.25, 0.3) is 0 Å². The number of fused-ring (bicyclic) bond motifs is 1. The molecule has 0 spiro atoms. The summed E-state index contributed by atoms with van der Waals surface area (Å²) >= 11 is 2.98. The Labute approximate surface area is 154 Å². The molecule has 2 unspecified atom stereocenters. The van der Waals surface area contributed by atoms with Crippen LogP contribution in [0.5, 0.6) is 0 Å². The molecule has 2 atom stereocenters. The number of amides is 1. The number of hydrogen-bond donors (Lipinski definition) is 0. The molecule has 0 aromatic carbocycles. The quantitative estimate of drug-likeness (QED) is 0.561. The molecule has 0 radical (unpaired) electrons. The lowest BCUT2D eigenvalue weighted by Crippen LogP contribution is -2.40. The molecule has 134 valence electrons. The fourth-order valence-electron chi connectivity index (χ4n) is 2.86. The molecule has 2 aliphatic heterocycles. The van der Waals surface area contributed by atoms with Gasteiger partial charge in [0.1, 0.15) is 12.6 Å². The first-order chi connectivity index (χ1) is 12.1. The molecule has 0 saturated carbocycles. The smallest absolute Gasteiger partial charge is 0.338 e. The van der Waals surface area contributed by atoms with Crippen molar-refractivity contribution in [1.29, 1.82) is 0 Å². The van der Waals surface area contributed by atoms with Crippen LogP contribution in [0.2, 0.25) is 0 Å². The molecule has 0 bridgehead atoms. The molecule has 3 heterocycles. The van der Waals surface area contributed by atoms with Gasteiger partial charge in [-0.05, 0) is 24.8 Å². The molecule has 1 saturated heterocycles. The molecule has 1 aromatic rings. The van der Waals surface area contributed by atoms with E-state index in [-0.39, 0.29) is 17.8 Å². The van der Waals surface area contributed by atoms with Crippen LogP contribution in [0.3, 0.4) is 0 Å². The number of thioether (sulfide) groups is 1. The summed E-state index contributed by atoms with van der Waals surface area (Å²) in [5.74, 6) is -0.451. The van der Waals surface area contributed by atoms with Gasteiger partial charge in [0.05, 0.1) is 23.1 Å². The first-order valence-corrected chi connectivity index (χ1v) is 9.83. The Balaban J connectivity index is 1.99. The SMILES string of the molecule is CCC1SC2=NC(C)=C(C(=O)OCCOC)C(c3cccs3)N2C1=O. The van der Waals surface area contributed by atoms with Gasteiger partial charge in [-0.3, -0.25) is 9.69 Å². The van der Waals surface area contributed by atoms with Crippen molar-refractivity contribution in [3.8, 4) is 0 Å². The molecule has 6 nitrogen and oxygen atoms in total. The molecule has 0 N–H and O–H groups in total. The normalized spacial score (nSPS) is 22.9. The number of rotatable bonds is 6. The standard InChI is InChI=1S/C17H20N2O4S2/c1-4-11-15(20)19-14(12-6-5-9-24-12)13(10(2)18-17(19)25-11)16(21)23-8-7-22-3/h5-6,9,11,14H,4,7-8H2,1-3H3. The van der Waals surface area contributed by atoms with E-state index < -0.39 is 12.0 Å². The monoisotopic (exact) mass is 380 g/mol. The first kappa shape index (κ1) is 18.2. The van der Waals surface area contributed by atoms with Crippen LogP contribution in [0.25, 0.3) is 0 Å². The minimum atomic E-state index is -0.473. The van der Waals surface area contributed by atoms with E-state index in [0.717, 1.165) is 11.3 Å². The molecule has 0 aliphatic carbocycles. The van der Waals surface area contributed by atoms with Gasteiger partial charge in [-0.15, -0.1) is 11.3 Å². The number of aliphatic imine (C=N–C) groups is 1. The number of nitrogens with zero attached hydrogens (tertiary/aromatic N) is 2. The van der Waals surface area contributed by atoms with E-state index in [2.05, 4.69) is 4.99 Å². The van der Waals surface area contributed by atoms with Gasteiger partial charge in [-0.1, -0.05) is 24.8 Å². The maximum atomic E-state index is 12.8. The molecule has 1 aromatic heterocycles.